The minimum Gasteiger partial charge on any atom is -0.359 e. The number of likely N-dealkylation sites (tertiary alicyclic amines) is 1. The summed E-state index contributed by atoms with van der Waals surface area (Å²) in [5, 5.41) is 4.30. The number of unbranched alkanes of at least 4 members (excludes halogenated alkanes) is 1. The van der Waals surface area contributed by atoms with E-state index in [0.29, 0.717) is 11.8 Å². The van der Waals surface area contributed by atoms with Crippen LogP contribution in [-0.2, 0) is 11.2 Å². The molecular weight excluding hydrogens is 360 g/mol. The van der Waals surface area contributed by atoms with Gasteiger partial charge in [-0.15, -0.1) is 0 Å². The van der Waals surface area contributed by atoms with Crippen LogP contribution in [0.3, 0.4) is 0 Å². The molecule has 1 aromatic heterocycles. The Hall–Kier alpha value is -1.88. The molecule has 0 bridgehead atoms. The van der Waals surface area contributed by atoms with Gasteiger partial charge in [-0.25, -0.2) is 5.43 Å². The maximum absolute atomic E-state index is 12.3. The van der Waals surface area contributed by atoms with Crippen LogP contribution >= 0.6 is 0 Å². The number of nitrogens with zero attached hydrogens (tertiary/aromatic N) is 2. The number of amides is 1. The zero-order valence-corrected chi connectivity index (χ0v) is 18.3. The molecule has 5 nitrogen and oxygen atoms in total. The van der Waals surface area contributed by atoms with Gasteiger partial charge in [0.2, 0.25) is 0 Å². The largest absolute Gasteiger partial charge is 0.359 e. The highest BCUT2D eigenvalue weighted by Gasteiger charge is 2.36. The lowest BCUT2D eigenvalue weighted by Gasteiger charge is -2.26. The fourth-order valence-electron chi connectivity index (χ4n) is 4.92. The molecule has 0 radical (unpaired) electrons. The first-order chi connectivity index (χ1) is 14.0. The van der Waals surface area contributed by atoms with Crippen molar-refractivity contribution in [2.75, 3.05) is 19.6 Å². The fourth-order valence-corrected chi connectivity index (χ4v) is 4.92. The first kappa shape index (κ1) is 20.4. The van der Waals surface area contributed by atoms with Gasteiger partial charge in [-0.1, -0.05) is 20.3 Å². The Morgan fingerprint density at radius 2 is 1.93 bits per heavy atom. The summed E-state index contributed by atoms with van der Waals surface area (Å²) < 4.78 is 0. The van der Waals surface area contributed by atoms with Crippen LogP contribution in [0.25, 0.3) is 6.08 Å². The molecule has 0 aromatic carbocycles. The average Bonchev–Trinajstić information content (AvgIpc) is 3.41. The summed E-state index contributed by atoms with van der Waals surface area (Å²) in [6.45, 7) is 10.5. The molecule has 0 atom stereocenters. The number of hydrogen-bond donors (Lipinski definition) is 2. The van der Waals surface area contributed by atoms with Gasteiger partial charge in [0, 0.05) is 17.3 Å². The second kappa shape index (κ2) is 8.86. The average molecular weight is 397 g/mol. The third-order valence-electron chi connectivity index (χ3n) is 6.62. The van der Waals surface area contributed by atoms with Crippen molar-refractivity contribution >= 4 is 17.7 Å². The topological polar surface area (TPSA) is 60.5 Å². The van der Waals surface area contributed by atoms with Crippen molar-refractivity contribution in [2.24, 2.45) is 11.0 Å². The number of aryl methyl sites for hydroxylation is 1. The van der Waals surface area contributed by atoms with Gasteiger partial charge < -0.3 is 9.88 Å². The van der Waals surface area contributed by atoms with E-state index in [1.165, 1.54) is 68.6 Å². The van der Waals surface area contributed by atoms with Gasteiger partial charge in [-0.2, -0.15) is 5.10 Å². The van der Waals surface area contributed by atoms with E-state index < -0.39 is 0 Å². The Morgan fingerprint density at radius 1 is 1.17 bits per heavy atom. The van der Waals surface area contributed by atoms with Crippen LogP contribution in [0.4, 0.5) is 0 Å². The SMILES string of the molecule is Cc1[nH]c(C=C2C(=O)NN=C2C2CC2)c(C(C)C)c1CCCCN1CCCCC1. The maximum atomic E-state index is 12.3. The third-order valence-corrected chi connectivity index (χ3v) is 6.62. The van der Waals surface area contributed by atoms with E-state index >= 15 is 0 Å². The fraction of sp³-hybridized carbons (Fsp3) is 0.667. The lowest BCUT2D eigenvalue weighted by molar-refractivity contribution is -0.116. The molecule has 1 saturated heterocycles. The summed E-state index contributed by atoms with van der Waals surface area (Å²) in [5.74, 6) is 0.833. The smallest absolute Gasteiger partial charge is 0.273 e. The van der Waals surface area contributed by atoms with Crippen molar-refractivity contribution < 1.29 is 4.79 Å². The molecule has 3 aliphatic rings. The monoisotopic (exact) mass is 396 g/mol. The Labute approximate surface area is 175 Å². The van der Waals surface area contributed by atoms with Gasteiger partial charge in [0.05, 0.1) is 11.3 Å². The molecule has 158 valence electrons. The van der Waals surface area contributed by atoms with Crippen LogP contribution in [0.2, 0.25) is 0 Å². The van der Waals surface area contributed by atoms with E-state index in [-0.39, 0.29) is 5.91 Å². The van der Waals surface area contributed by atoms with Gasteiger partial charge in [0.1, 0.15) is 0 Å². The van der Waals surface area contributed by atoms with Crippen LogP contribution in [0.15, 0.2) is 10.7 Å². The lowest BCUT2D eigenvalue weighted by Crippen LogP contribution is -2.30. The van der Waals surface area contributed by atoms with E-state index in [9.17, 15) is 4.79 Å². The molecule has 1 aromatic rings. The van der Waals surface area contributed by atoms with Crippen molar-refractivity contribution in [3.63, 3.8) is 0 Å². The molecule has 0 unspecified atom stereocenters. The molecule has 2 aliphatic heterocycles. The van der Waals surface area contributed by atoms with Gasteiger partial charge in [-0.3, -0.25) is 4.79 Å². The minimum absolute atomic E-state index is 0.0584. The second-order valence-corrected chi connectivity index (χ2v) is 9.34. The predicted octanol–water partition coefficient (Wildman–Crippen LogP) is 4.53. The van der Waals surface area contributed by atoms with Gasteiger partial charge in [0.15, 0.2) is 0 Å². The lowest BCUT2D eigenvalue weighted by atomic mass is 9.93. The van der Waals surface area contributed by atoms with Crippen molar-refractivity contribution in [1.29, 1.82) is 0 Å². The molecule has 1 saturated carbocycles. The van der Waals surface area contributed by atoms with Gasteiger partial charge in [-0.05, 0) is 94.6 Å². The second-order valence-electron chi connectivity index (χ2n) is 9.34. The summed E-state index contributed by atoms with van der Waals surface area (Å²) in [5.41, 5.74) is 9.56. The number of hydrogen-bond acceptors (Lipinski definition) is 3. The van der Waals surface area contributed by atoms with Gasteiger partial charge >= 0.3 is 0 Å². The first-order valence-electron chi connectivity index (χ1n) is 11.6. The minimum atomic E-state index is -0.0584. The Kier molecular flexibility index (Phi) is 6.23. The maximum Gasteiger partial charge on any atom is 0.273 e. The van der Waals surface area contributed by atoms with Crippen LogP contribution in [0.1, 0.15) is 87.2 Å². The molecule has 29 heavy (non-hydrogen) atoms. The third kappa shape index (κ3) is 4.66. The highest BCUT2D eigenvalue weighted by atomic mass is 16.2. The summed E-state index contributed by atoms with van der Waals surface area (Å²) in [6, 6.07) is 0. The van der Waals surface area contributed by atoms with Crippen molar-refractivity contribution in [1.82, 2.24) is 15.3 Å². The standard InChI is InChI=1S/C24H36N4O/c1-16(2)22-19(9-5-8-14-28-12-6-4-7-13-28)17(3)25-21(22)15-20-23(18-10-11-18)26-27-24(20)29/h15-16,18,25H,4-14H2,1-3H3,(H,27,29). The van der Waals surface area contributed by atoms with E-state index in [1.54, 1.807) is 0 Å². The highest BCUT2D eigenvalue weighted by Crippen LogP contribution is 2.36. The molecule has 1 aliphatic carbocycles. The number of rotatable bonds is 8. The molecule has 1 amide bonds. The van der Waals surface area contributed by atoms with Crippen molar-refractivity contribution in [2.45, 2.75) is 78.1 Å². The molecule has 3 heterocycles. The summed E-state index contributed by atoms with van der Waals surface area (Å²) in [6.07, 6.45) is 12.1. The molecular formula is C24H36N4O. The molecule has 2 N–H and O–H groups in total. The Bertz CT molecular complexity index is 807. The Morgan fingerprint density at radius 3 is 2.62 bits per heavy atom. The number of piperidine rings is 1. The van der Waals surface area contributed by atoms with Gasteiger partial charge in [0.25, 0.3) is 5.91 Å². The molecule has 2 fully saturated rings. The van der Waals surface area contributed by atoms with Crippen LogP contribution < -0.4 is 5.43 Å². The van der Waals surface area contributed by atoms with Crippen LogP contribution in [0.5, 0.6) is 0 Å². The quantitative estimate of drug-likeness (QED) is 0.501. The number of hydrazone groups is 1. The highest BCUT2D eigenvalue weighted by molar-refractivity contribution is 6.28. The molecule has 0 spiro atoms. The number of carbonyl (C=O) groups is 1. The first-order valence-corrected chi connectivity index (χ1v) is 11.6. The molecule has 5 heteroatoms. The normalized spacial score (nSPS) is 21.9. The summed E-state index contributed by atoms with van der Waals surface area (Å²) >= 11 is 0. The van der Waals surface area contributed by atoms with Crippen molar-refractivity contribution in [3.8, 4) is 0 Å². The number of aromatic amines is 1. The van der Waals surface area contributed by atoms with Crippen LogP contribution in [0, 0.1) is 12.8 Å². The number of carbonyl (C=O) groups excluding carboxylic acids is 1. The van der Waals surface area contributed by atoms with Crippen LogP contribution in [-0.4, -0.2) is 41.1 Å². The zero-order valence-electron chi connectivity index (χ0n) is 18.3. The number of H-pyrrole nitrogens is 1. The number of nitrogens with one attached hydrogen (secondary N) is 2. The van der Waals surface area contributed by atoms with Crippen molar-refractivity contribution in [3.05, 3.63) is 28.1 Å². The van der Waals surface area contributed by atoms with E-state index in [2.05, 4.69) is 47.3 Å². The zero-order chi connectivity index (χ0) is 20.4. The van der Waals surface area contributed by atoms with E-state index in [4.69, 9.17) is 0 Å². The summed E-state index contributed by atoms with van der Waals surface area (Å²) in [7, 11) is 0. The number of aromatic nitrogens is 1. The molecule has 4 rings (SSSR count). The Balaban J connectivity index is 1.47. The predicted molar refractivity (Wildman–Crippen MR) is 119 cm³/mol. The van der Waals surface area contributed by atoms with E-state index in [0.717, 1.165) is 36.2 Å². The summed E-state index contributed by atoms with van der Waals surface area (Å²) in [4.78, 5) is 18.6. The van der Waals surface area contributed by atoms with E-state index in [1.807, 2.05) is 0 Å².